The summed E-state index contributed by atoms with van der Waals surface area (Å²) in [5.41, 5.74) is 1.04. The number of carbonyl (C=O) groups excluding carboxylic acids is 1. The molecule has 1 aliphatic rings. The summed E-state index contributed by atoms with van der Waals surface area (Å²) in [4.78, 5) is 20.4. The molecule has 1 aromatic carbocycles. The van der Waals surface area contributed by atoms with Gasteiger partial charge in [-0.15, -0.1) is 0 Å². The molecule has 1 aromatic rings. The van der Waals surface area contributed by atoms with E-state index in [0.29, 0.717) is 12.3 Å². The van der Waals surface area contributed by atoms with E-state index in [1.54, 1.807) is 14.1 Å². The van der Waals surface area contributed by atoms with Crippen LogP contribution in [0.3, 0.4) is 0 Å². The molecule has 1 heterocycles. The maximum Gasteiger partial charge on any atom is 0.259 e. The molecule has 0 saturated carbocycles. The summed E-state index contributed by atoms with van der Waals surface area (Å²) in [6, 6.07) is 7.74. The number of aliphatic imine (C=N–C) groups is 1. The quantitative estimate of drug-likeness (QED) is 0.497. The lowest BCUT2D eigenvalue weighted by Crippen LogP contribution is -2.42. The molecule has 1 aliphatic heterocycles. The minimum atomic E-state index is -0.0595. The average Bonchev–Trinajstić information content (AvgIpc) is 2.71. The van der Waals surface area contributed by atoms with Gasteiger partial charge in [0.2, 0.25) is 0 Å². The van der Waals surface area contributed by atoms with E-state index < -0.39 is 0 Å². The van der Waals surface area contributed by atoms with Crippen LogP contribution in [-0.4, -0.2) is 75.1 Å². The number of piperidine rings is 1. The topological polar surface area (TPSA) is 69.2 Å². The monoisotopic (exact) mass is 389 g/mol. The van der Waals surface area contributed by atoms with Crippen molar-refractivity contribution < 1.29 is 9.53 Å². The highest BCUT2D eigenvalue weighted by Crippen LogP contribution is 2.14. The summed E-state index contributed by atoms with van der Waals surface area (Å²) in [7, 11) is 3.44. The lowest BCUT2D eigenvalue weighted by atomic mass is 10.1. The number of amides is 1. The van der Waals surface area contributed by atoms with Crippen LogP contribution in [0.2, 0.25) is 0 Å². The molecule has 0 unspecified atom stereocenters. The molecule has 0 aliphatic carbocycles. The number of likely N-dealkylation sites (tertiary alicyclic amines) is 1. The number of rotatable bonds is 9. The molecule has 0 atom stereocenters. The Morgan fingerprint density at radius 3 is 2.71 bits per heavy atom. The highest BCUT2D eigenvalue weighted by atomic mass is 16.5. The lowest BCUT2D eigenvalue weighted by Gasteiger charge is -2.26. The summed E-state index contributed by atoms with van der Waals surface area (Å²) in [5.74, 6) is 1.45. The molecular formula is C21H35N5O2. The smallest absolute Gasteiger partial charge is 0.259 e. The maximum atomic E-state index is 11.7. The summed E-state index contributed by atoms with van der Waals surface area (Å²) in [6.07, 6.45) is 3.99. The number of carbonyl (C=O) groups is 1. The van der Waals surface area contributed by atoms with Crippen LogP contribution in [-0.2, 0) is 11.3 Å². The number of hydrogen-bond donors (Lipinski definition) is 2. The van der Waals surface area contributed by atoms with E-state index in [2.05, 4.69) is 27.4 Å². The van der Waals surface area contributed by atoms with E-state index in [4.69, 9.17) is 4.74 Å². The molecule has 156 valence electrons. The first-order valence-corrected chi connectivity index (χ1v) is 10.2. The maximum absolute atomic E-state index is 11.7. The van der Waals surface area contributed by atoms with Crippen LogP contribution in [0.25, 0.3) is 0 Å². The third-order valence-corrected chi connectivity index (χ3v) is 4.69. The van der Waals surface area contributed by atoms with Gasteiger partial charge in [0.25, 0.3) is 5.91 Å². The lowest BCUT2D eigenvalue weighted by molar-refractivity contribution is -0.130. The molecule has 1 fully saturated rings. The number of ether oxygens (including phenoxy) is 1. The highest BCUT2D eigenvalue weighted by Gasteiger charge is 2.09. The second-order valence-corrected chi connectivity index (χ2v) is 7.25. The fraction of sp³-hybridized carbons (Fsp3) is 0.619. The normalized spacial score (nSPS) is 15.2. The number of benzene rings is 1. The van der Waals surface area contributed by atoms with Crippen LogP contribution >= 0.6 is 0 Å². The van der Waals surface area contributed by atoms with Crippen molar-refractivity contribution in [2.24, 2.45) is 4.99 Å². The van der Waals surface area contributed by atoms with Crippen LogP contribution in [0.1, 0.15) is 31.7 Å². The standard InChI is InChI=1S/C21H35N5O2/c1-4-22-21(23-11-14-26-12-6-5-7-13-26)24-16-18-9-8-10-19(15-18)28-17-20(27)25(2)3/h8-10,15H,4-7,11-14,16-17H2,1-3H3,(H2,22,23,24). The van der Waals surface area contributed by atoms with Gasteiger partial charge in [-0.2, -0.15) is 0 Å². The fourth-order valence-electron chi connectivity index (χ4n) is 3.04. The van der Waals surface area contributed by atoms with E-state index in [1.807, 2.05) is 24.3 Å². The second-order valence-electron chi connectivity index (χ2n) is 7.25. The number of hydrogen-bond acceptors (Lipinski definition) is 4. The van der Waals surface area contributed by atoms with E-state index in [-0.39, 0.29) is 12.5 Å². The first-order valence-electron chi connectivity index (χ1n) is 10.2. The van der Waals surface area contributed by atoms with Gasteiger partial charge in [0, 0.05) is 33.7 Å². The minimum Gasteiger partial charge on any atom is -0.484 e. The van der Waals surface area contributed by atoms with Gasteiger partial charge in [-0.3, -0.25) is 4.79 Å². The Kier molecular flexibility index (Phi) is 9.62. The number of guanidine groups is 1. The van der Waals surface area contributed by atoms with Crippen molar-refractivity contribution in [3.63, 3.8) is 0 Å². The molecular weight excluding hydrogens is 354 g/mol. The zero-order chi connectivity index (χ0) is 20.2. The second kappa shape index (κ2) is 12.2. The molecule has 1 amide bonds. The van der Waals surface area contributed by atoms with Crippen molar-refractivity contribution in [1.29, 1.82) is 0 Å². The van der Waals surface area contributed by atoms with Crippen LogP contribution in [0.4, 0.5) is 0 Å². The van der Waals surface area contributed by atoms with Gasteiger partial charge in [-0.1, -0.05) is 18.6 Å². The molecule has 0 aromatic heterocycles. The average molecular weight is 390 g/mol. The van der Waals surface area contributed by atoms with Crippen LogP contribution < -0.4 is 15.4 Å². The van der Waals surface area contributed by atoms with Crippen molar-refractivity contribution >= 4 is 11.9 Å². The molecule has 7 nitrogen and oxygen atoms in total. The Morgan fingerprint density at radius 1 is 1.21 bits per heavy atom. The zero-order valence-corrected chi connectivity index (χ0v) is 17.5. The number of nitrogens with zero attached hydrogens (tertiary/aromatic N) is 3. The Labute approximate surface area is 169 Å². The molecule has 0 spiro atoms. The Morgan fingerprint density at radius 2 is 2.00 bits per heavy atom. The third kappa shape index (κ3) is 8.17. The van der Waals surface area contributed by atoms with Crippen molar-refractivity contribution in [2.45, 2.75) is 32.7 Å². The molecule has 28 heavy (non-hydrogen) atoms. The summed E-state index contributed by atoms with van der Waals surface area (Å²) < 4.78 is 5.58. The molecule has 0 radical (unpaired) electrons. The molecule has 2 N–H and O–H groups in total. The summed E-state index contributed by atoms with van der Waals surface area (Å²) in [6.45, 7) is 7.84. The number of nitrogens with one attached hydrogen (secondary N) is 2. The Balaban J connectivity index is 1.83. The first-order chi connectivity index (χ1) is 13.6. The van der Waals surface area contributed by atoms with Gasteiger partial charge in [0.05, 0.1) is 6.54 Å². The SMILES string of the molecule is CCNC(=NCc1cccc(OCC(=O)N(C)C)c1)NCCN1CCCCC1. The Hall–Kier alpha value is -2.28. The van der Waals surface area contributed by atoms with Crippen molar-refractivity contribution in [2.75, 3.05) is 53.4 Å². The van der Waals surface area contributed by atoms with E-state index in [0.717, 1.165) is 31.2 Å². The fourth-order valence-corrected chi connectivity index (χ4v) is 3.04. The first kappa shape index (κ1) is 22.0. The van der Waals surface area contributed by atoms with Gasteiger partial charge in [0.15, 0.2) is 12.6 Å². The van der Waals surface area contributed by atoms with Gasteiger partial charge in [-0.05, 0) is 50.6 Å². The van der Waals surface area contributed by atoms with Crippen LogP contribution in [0, 0.1) is 0 Å². The van der Waals surface area contributed by atoms with Gasteiger partial charge in [0.1, 0.15) is 5.75 Å². The van der Waals surface area contributed by atoms with Crippen molar-refractivity contribution in [3.05, 3.63) is 29.8 Å². The molecule has 7 heteroatoms. The van der Waals surface area contributed by atoms with Crippen molar-refractivity contribution in [1.82, 2.24) is 20.4 Å². The van der Waals surface area contributed by atoms with E-state index >= 15 is 0 Å². The molecule has 0 bridgehead atoms. The van der Waals surface area contributed by atoms with E-state index in [1.165, 1.54) is 37.3 Å². The minimum absolute atomic E-state index is 0.0421. The van der Waals surface area contributed by atoms with Crippen LogP contribution in [0.5, 0.6) is 5.75 Å². The molecule has 1 saturated heterocycles. The summed E-state index contributed by atoms with van der Waals surface area (Å²) in [5, 5.41) is 6.72. The van der Waals surface area contributed by atoms with E-state index in [9.17, 15) is 4.79 Å². The van der Waals surface area contributed by atoms with Gasteiger partial charge < -0.3 is 25.2 Å². The van der Waals surface area contributed by atoms with Crippen molar-refractivity contribution in [3.8, 4) is 5.75 Å². The number of likely N-dealkylation sites (N-methyl/N-ethyl adjacent to an activating group) is 1. The van der Waals surface area contributed by atoms with Gasteiger partial charge in [-0.25, -0.2) is 4.99 Å². The highest BCUT2D eigenvalue weighted by molar-refractivity contribution is 5.79. The molecule has 2 rings (SSSR count). The van der Waals surface area contributed by atoms with Gasteiger partial charge >= 0.3 is 0 Å². The Bertz CT molecular complexity index is 627. The van der Waals surface area contributed by atoms with Crippen LogP contribution in [0.15, 0.2) is 29.3 Å². The summed E-state index contributed by atoms with van der Waals surface area (Å²) >= 11 is 0. The predicted molar refractivity (Wildman–Crippen MR) is 114 cm³/mol. The largest absolute Gasteiger partial charge is 0.484 e. The predicted octanol–water partition coefficient (Wildman–Crippen LogP) is 1.69. The zero-order valence-electron chi connectivity index (χ0n) is 17.5. The third-order valence-electron chi connectivity index (χ3n) is 4.69.